The predicted molar refractivity (Wildman–Crippen MR) is 97.1 cm³/mol. The quantitative estimate of drug-likeness (QED) is 0.725. The molecule has 3 rings (SSSR count). The Morgan fingerprint density at radius 1 is 1.12 bits per heavy atom. The molecule has 0 aliphatic carbocycles. The van der Waals surface area contributed by atoms with Crippen LogP contribution in [0.25, 0.3) is 11.3 Å². The monoisotopic (exact) mass is 334 g/mol. The number of Topliss-reactive ketones (excluding diaryl/α,β-unsaturated/α-hetero) is 1. The number of ketones is 1. The summed E-state index contributed by atoms with van der Waals surface area (Å²) in [6.45, 7) is 3.66. The fourth-order valence-corrected chi connectivity index (χ4v) is 2.61. The second-order valence-corrected chi connectivity index (χ2v) is 5.48. The first-order chi connectivity index (χ1) is 12.1. The Labute approximate surface area is 145 Å². The molecule has 0 spiro atoms. The van der Waals surface area contributed by atoms with Gasteiger partial charge in [-0.25, -0.2) is 9.67 Å². The second-order valence-electron chi connectivity index (χ2n) is 5.48. The van der Waals surface area contributed by atoms with E-state index >= 15 is 0 Å². The standard InChI is InChI=1S/C19H18N4O2/c1-3-23-19(25)18(21-15-11-7-8-12-20-15)16(13(2)24)17(22-23)14-9-5-4-6-10-14/h4-12H,3H2,1-2H3,(H,20,21). The lowest BCUT2D eigenvalue weighted by Gasteiger charge is -2.15. The van der Waals surface area contributed by atoms with Crippen LogP contribution >= 0.6 is 0 Å². The highest BCUT2D eigenvalue weighted by molar-refractivity contribution is 6.05. The molecule has 126 valence electrons. The van der Waals surface area contributed by atoms with Crippen LogP contribution in [0.1, 0.15) is 24.2 Å². The molecule has 1 N–H and O–H groups in total. The van der Waals surface area contributed by atoms with Crippen LogP contribution in [0.15, 0.2) is 59.5 Å². The van der Waals surface area contributed by atoms with Gasteiger partial charge in [0.2, 0.25) is 0 Å². The number of aromatic nitrogens is 3. The van der Waals surface area contributed by atoms with E-state index in [9.17, 15) is 9.59 Å². The Hall–Kier alpha value is -3.28. The van der Waals surface area contributed by atoms with Crippen LogP contribution in [0.3, 0.4) is 0 Å². The number of carbonyl (C=O) groups excluding carboxylic acids is 1. The molecular weight excluding hydrogens is 316 g/mol. The van der Waals surface area contributed by atoms with Gasteiger partial charge < -0.3 is 5.32 Å². The molecule has 0 saturated carbocycles. The number of hydrogen-bond acceptors (Lipinski definition) is 5. The van der Waals surface area contributed by atoms with Crippen molar-refractivity contribution < 1.29 is 4.79 Å². The van der Waals surface area contributed by atoms with Gasteiger partial charge in [-0.3, -0.25) is 9.59 Å². The van der Waals surface area contributed by atoms with E-state index in [0.717, 1.165) is 5.56 Å². The van der Waals surface area contributed by atoms with Crippen LogP contribution in [0, 0.1) is 0 Å². The molecule has 0 unspecified atom stereocenters. The summed E-state index contributed by atoms with van der Waals surface area (Å²) in [5.41, 5.74) is 1.37. The third-order valence-corrected chi connectivity index (χ3v) is 3.77. The number of hydrogen-bond donors (Lipinski definition) is 1. The fraction of sp³-hybridized carbons (Fsp3) is 0.158. The molecule has 3 aromatic rings. The highest BCUT2D eigenvalue weighted by Gasteiger charge is 2.21. The molecular formula is C19H18N4O2. The maximum Gasteiger partial charge on any atom is 0.291 e. The minimum atomic E-state index is -0.349. The van der Waals surface area contributed by atoms with Gasteiger partial charge in [0.1, 0.15) is 17.2 Å². The normalized spacial score (nSPS) is 10.5. The van der Waals surface area contributed by atoms with E-state index in [-0.39, 0.29) is 22.6 Å². The maximum atomic E-state index is 12.8. The zero-order chi connectivity index (χ0) is 17.8. The number of rotatable bonds is 5. The van der Waals surface area contributed by atoms with E-state index in [1.807, 2.05) is 37.3 Å². The van der Waals surface area contributed by atoms with Crippen molar-refractivity contribution in [2.45, 2.75) is 20.4 Å². The van der Waals surface area contributed by atoms with E-state index in [1.165, 1.54) is 11.6 Å². The molecule has 0 aliphatic rings. The molecule has 0 fully saturated rings. The Balaban J connectivity index is 2.28. The Morgan fingerprint density at radius 2 is 1.84 bits per heavy atom. The molecule has 0 bridgehead atoms. The van der Waals surface area contributed by atoms with Crippen molar-refractivity contribution >= 4 is 17.3 Å². The largest absolute Gasteiger partial charge is 0.335 e. The van der Waals surface area contributed by atoms with Crippen LogP contribution in [-0.4, -0.2) is 20.5 Å². The topological polar surface area (TPSA) is 76.9 Å². The van der Waals surface area contributed by atoms with E-state index in [2.05, 4.69) is 15.4 Å². The second kappa shape index (κ2) is 7.09. The molecule has 2 aromatic heterocycles. The Bertz CT molecular complexity index is 950. The summed E-state index contributed by atoms with van der Waals surface area (Å²) in [5, 5.41) is 7.41. The number of anilines is 2. The number of carbonyl (C=O) groups is 1. The van der Waals surface area contributed by atoms with Gasteiger partial charge in [0.25, 0.3) is 5.56 Å². The van der Waals surface area contributed by atoms with Crippen LogP contribution < -0.4 is 10.9 Å². The molecule has 0 atom stereocenters. The lowest BCUT2D eigenvalue weighted by Crippen LogP contribution is -2.28. The van der Waals surface area contributed by atoms with Gasteiger partial charge in [0, 0.05) is 18.3 Å². The van der Waals surface area contributed by atoms with Gasteiger partial charge in [-0.1, -0.05) is 36.4 Å². The highest BCUT2D eigenvalue weighted by atomic mass is 16.1. The van der Waals surface area contributed by atoms with Gasteiger partial charge in [0.05, 0.1) is 5.56 Å². The smallest absolute Gasteiger partial charge is 0.291 e. The van der Waals surface area contributed by atoms with E-state index < -0.39 is 0 Å². The number of nitrogens with zero attached hydrogens (tertiary/aromatic N) is 3. The van der Waals surface area contributed by atoms with Crippen LogP contribution in [0.2, 0.25) is 0 Å². The van der Waals surface area contributed by atoms with Crippen LogP contribution in [-0.2, 0) is 6.54 Å². The summed E-state index contributed by atoms with van der Waals surface area (Å²) in [7, 11) is 0. The third kappa shape index (κ3) is 3.33. The Morgan fingerprint density at radius 3 is 2.44 bits per heavy atom. The van der Waals surface area contributed by atoms with Crippen molar-refractivity contribution in [1.82, 2.24) is 14.8 Å². The van der Waals surface area contributed by atoms with Gasteiger partial charge in [-0.15, -0.1) is 0 Å². The molecule has 2 heterocycles. The first kappa shape index (κ1) is 16.6. The van der Waals surface area contributed by atoms with Gasteiger partial charge in [-0.05, 0) is 26.0 Å². The highest BCUT2D eigenvalue weighted by Crippen LogP contribution is 2.26. The minimum absolute atomic E-state index is 0.196. The van der Waals surface area contributed by atoms with Gasteiger partial charge in [-0.2, -0.15) is 5.10 Å². The number of nitrogens with one attached hydrogen (secondary N) is 1. The molecule has 6 nitrogen and oxygen atoms in total. The van der Waals surface area contributed by atoms with Crippen LogP contribution in [0.4, 0.5) is 11.5 Å². The first-order valence-corrected chi connectivity index (χ1v) is 8.01. The number of aryl methyl sites for hydroxylation is 1. The van der Waals surface area contributed by atoms with Crippen molar-refractivity contribution in [2.24, 2.45) is 0 Å². The molecule has 1 aromatic carbocycles. The third-order valence-electron chi connectivity index (χ3n) is 3.77. The maximum absolute atomic E-state index is 12.8. The van der Waals surface area contributed by atoms with Crippen molar-refractivity contribution in [1.29, 1.82) is 0 Å². The number of benzene rings is 1. The fourth-order valence-electron chi connectivity index (χ4n) is 2.61. The summed E-state index contributed by atoms with van der Waals surface area (Å²) < 4.78 is 1.35. The molecule has 6 heteroatoms. The zero-order valence-corrected chi connectivity index (χ0v) is 14.1. The zero-order valence-electron chi connectivity index (χ0n) is 14.1. The molecule has 25 heavy (non-hydrogen) atoms. The summed E-state index contributed by atoms with van der Waals surface area (Å²) in [6.07, 6.45) is 1.62. The van der Waals surface area contributed by atoms with Crippen molar-refractivity contribution in [3.8, 4) is 11.3 Å². The molecule has 0 amide bonds. The summed E-state index contributed by atoms with van der Waals surface area (Å²) in [6, 6.07) is 14.7. The van der Waals surface area contributed by atoms with Gasteiger partial charge in [0.15, 0.2) is 5.78 Å². The van der Waals surface area contributed by atoms with Crippen LogP contribution in [0.5, 0.6) is 0 Å². The predicted octanol–water partition coefficient (Wildman–Crippen LogP) is 3.27. The average molecular weight is 334 g/mol. The summed E-state index contributed by atoms with van der Waals surface area (Å²) in [4.78, 5) is 29.3. The minimum Gasteiger partial charge on any atom is -0.335 e. The first-order valence-electron chi connectivity index (χ1n) is 8.01. The van der Waals surface area contributed by atoms with E-state index in [4.69, 9.17) is 0 Å². The van der Waals surface area contributed by atoms with E-state index in [1.54, 1.807) is 24.4 Å². The SMILES string of the molecule is CCn1nc(-c2ccccc2)c(C(C)=O)c(Nc2ccccn2)c1=O. The lowest BCUT2D eigenvalue weighted by atomic mass is 10.0. The van der Waals surface area contributed by atoms with Crippen molar-refractivity contribution in [3.05, 3.63) is 70.6 Å². The average Bonchev–Trinajstić information content (AvgIpc) is 2.64. The summed E-state index contributed by atoms with van der Waals surface area (Å²) >= 11 is 0. The molecule has 0 saturated heterocycles. The van der Waals surface area contributed by atoms with Crippen molar-refractivity contribution in [2.75, 3.05) is 5.32 Å². The Kier molecular flexibility index (Phi) is 4.70. The number of pyridine rings is 1. The molecule has 0 radical (unpaired) electrons. The van der Waals surface area contributed by atoms with Crippen molar-refractivity contribution in [3.63, 3.8) is 0 Å². The molecule has 0 aliphatic heterocycles. The van der Waals surface area contributed by atoms with Gasteiger partial charge >= 0.3 is 0 Å². The lowest BCUT2D eigenvalue weighted by molar-refractivity contribution is 0.101. The summed E-state index contributed by atoms with van der Waals surface area (Å²) in [5.74, 6) is 0.264. The van der Waals surface area contributed by atoms with E-state index in [0.29, 0.717) is 18.1 Å².